The van der Waals surface area contributed by atoms with E-state index in [9.17, 15) is 0 Å². The van der Waals surface area contributed by atoms with Gasteiger partial charge in [0.05, 0.1) is 0 Å². The minimum atomic E-state index is 0. The van der Waals surface area contributed by atoms with Crippen molar-refractivity contribution < 1.29 is 25.8 Å². The molecule has 1 aliphatic rings. The van der Waals surface area contributed by atoms with E-state index in [1.165, 1.54) is 43.2 Å². The Balaban J connectivity index is 0.00000128. The van der Waals surface area contributed by atoms with Gasteiger partial charge in [-0.25, -0.2) is 0 Å². The van der Waals surface area contributed by atoms with Crippen molar-refractivity contribution >= 4 is 6.08 Å². The van der Waals surface area contributed by atoms with E-state index in [0.717, 1.165) is 0 Å². The van der Waals surface area contributed by atoms with Crippen LogP contribution >= 0.6 is 0 Å². The van der Waals surface area contributed by atoms with Crippen LogP contribution in [0.5, 0.6) is 0 Å². The maximum absolute atomic E-state index is 2.37. The van der Waals surface area contributed by atoms with Gasteiger partial charge in [0.25, 0.3) is 0 Å². The van der Waals surface area contributed by atoms with E-state index >= 15 is 0 Å². The number of unbranched alkanes of at least 4 members (excludes halogenated alkanes) is 3. The van der Waals surface area contributed by atoms with E-state index < -0.39 is 0 Å². The molecule has 1 atom stereocenters. The zero-order valence-corrected chi connectivity index (χ0v) is 13.7. The Labute approximate surface area is 118 Å². The van der Waals surface area contributed by atoms with Crippen molar-refractivity contribution in [2.75, 3.05) is 0 Å². The van der Waals surface area contributed by atoms with E-state index in [-0.39, 0.29) is 25.8 Å². The SMILES string of the molecule is CCCCCCC1C=Cc2ccccc21.[Hf]. The number of fused-ring (bicyclic) bond motifs is 1. The van der Waals surface area contributed by atoms with Crippen molar-refractivity contribution in [2.45, 2.75) is 44.9 Å². The third-order valence-electron chi connectivity index (χ3n) is 3.27. The molecule has 1 aromatic rings. The molecule has 84 valence electrons. The van der Waals surface area contributed by atoms with E-state index in [4.69, 9.17) is 0 Å². The maximum atomic E-state index is 2.37. The molecule has 0 heterocycles. The molecule has 1 aliphatic carbocycles. The summed E-state index contributed by atoms with van der Waals surface area (Å²) in [5.41, 5.74) is 2.96. The van der Waals surface area contributed by atoms with Crippen LogP contribution in [-0.2, 0) is 25.8 Å². The summed E-state index contributed by atoms with van der Waals surface area (Å²) in [7, 11) is 0. The van der Waals surface area contributed by atoms with Crippen molar-refractivity contribution in [3.8, 4) is 0 Å². The summed E-state index contributed by atoms with van der Waals surface area (Å²) in [6.45, 7) is 2.27. The molecule has 0 saturated carbocycles. The molecule has 0 nitrogen and oxygen atoms in total. The fraction of sp³-hybridized carbons (Fsp3) is 0.467. The first kappa shape index (κ1) is 13.9. The maximum Gasteiger partial charge on any atom is 0.00272 e. The smallest absolute Gasteiger partial charge is 0.00272 e. The predicted octanol–water partition coefficient (Wildman–Crippen LogP) is 4.76. The topological polar surface area (TPSA) is 0 Å². The van der Waals surface area contributed by atoms with Crippen LogP contribution in [0.3, 0.4) is 0 Å². The molecule has 0 aliphatic heterocycles. The summed E-state index contributed by atoms with van der Waals surface area (Å²) in [5.74, 6) is 0.693. The number of hydrogen-bond donors (Lipinski definition) is 0. The molecule has 0 aromatic heterocycles. The first-order valence-electron chi connectivity index (χ1n) is 6.19. The summed E-state index contributed by atoms with van der Waals surface area (Å²) in [6.07, 6.45) is 11.5. The van der Waals surface area contributed by atoms with Crippen molar-refractivity contribution in [2.24, 2.45) is 0 Å². The van der Waals surface area contributed by atoms with Crippen molar-refractivity contribution in [1.82, 2.24) is 0 Å². The van der Waals surface area contributed by atoms with Gasteiger partial charge >= 0.3 is 0 Å². The zero-order chi connectivity index (χ0) is 10.5. The second kappa shape index (κ2) is 7.21. The average molecular weight is 379 g/mol. The Kier molecular flexibility index (Phi) is 6.26. The Morgan fingerprint density at radius 1 is 1.06 bits per heavy atom. The van der Waals surface area contributed by atoms with Crippen molar-refractivity contribution in [1.29, 1.82) is 0 Å². The van der Waals surface area contributed by atoms with Gasteiger partial charge in [0.1, 0.15) is 0 Å². The molecule has 1 aromatic carbocycles. The van der Waals surface area contributed by atoms with Crippen LogP contribution in [0.25, 0.3) is 6.08 Å². The van der Waals surface area contributed by atoms with Crippen LogP contribution in [0.2, 0.25) is 0 Å². The fourth-order valence-electron chi connectivity index (χ4n) is 2.37. The van der Waals surface area contributed by atoms with Gasteiger partial charge in [-0.15, -0.1) is 0 Å². The normalized spacial score (nSPS) is 16.9. The fourth-order valence-corrected chi connectivity index (χ4v) is 2.37. The molecule has 0 amide bonds. The Morgan fingerprint density at radius 3 is 2.69 bits per heavy atom. The molecule has 1 heteroatoms. The number of rotatable bonds is 5. The Hall–Kier alpha value is -0.170. The number of hydrogen-bond acceptors (Lipinski definition) is 0. The van der Waals surface area contributed by atoms with Gasteiger partial charge in [-0.1, -0.05) is 69.0 Å². The molecule has 0 N–H and O–H groups in total. The van der Waals surface area contributed by atoms with Crippen LogP contribution in [-0.4, -0.2) is 0 Å². The largest absolute Gasteiger partial charge is 0.0764 e. The molecule has 0 radical (unpaired) electrons. The molecule has 1 unspecified atom stereocenters. The Morgan fingerprint density at radius 2 is 1.88 bits per heavy atom. The van der Waals surface area contributed by atoms with E-state index in [0.29, 0.717) is 5.92 Å². The second-order valence-electron chi connectivity index (χ2n) is 4.44. The van der Waals surface area contributed by atoms with Crippen LogP contribution in [0, 0.1) is 0 Å². The molecule has 16 heavy (non-hydrogen) atoms. The van der Waals surface area contributed by atoms with Gasteiger partial charge in [0.2, 0.25) is 0 Å². The molecule has 0 fully saturated rings. The number of benzene rings is 1. The van der Waals surface area contributed by atoms with Crippen LogP contribution < -0.4 is 0 Å². The zero-order valence-electron chi connectivity index (χ0n) is 10.1. The molecule has 0 bridgehead atoms. The van der Waals surface area contributed by atoms with Gasteiger partial charge in [-0.2, -0.15) is 0 Å². The summed E-state index contributed by atoms with van der Waals surface area (Å²) in [4.78, 5) is 0. The molecule has 2 rings (SSSR count). The third kappa shape index (κ3) is 3.41. The molecule has 0 saturated heterocycles. The quantitative estimate of drug-likeness (QED) is 0.511. The minimum Gasteiger partial charge on any atom is -0.0764 e. The monoisotopic (exact) mass is 380 g/mol. The van der Waals surface area contributed by atoms with Gasteiger partial charge in [0.15, 0.2) is 0 Å². The van der Waals surface area contributed by atoms with Crippen molar-refractivity contribution in [3.05, 3.63) is 41.5 Å². The summed E-state index contributed by atoms with van der Waals surface area (Å²) in [5, 5.41) is 0. The van der Waals surface area contributed by atoms with Crippen LogP contribution in [0.1, 0.15) is 56.1 Å². The third-order valence-corrected chi connectivity index (χ3v) is 3.27. The molecule has 0 spiro atoms. The van der Waals surface area contributed by atoms with E-state index in [1.54, 1.807) is 0 Å². The summed E-state index contributed by atoms with van der Waals surface area (Å²) >= 11 is 0. The van der Waals surface area contributed by atoms with Gasteiger partial charge < -0.3 is 0 Å². The van der Waals surface area contributed by atoms with Gasteiger partial charge in [0, 0.05) is 31.8 Å². The average Bonchev–Trinajstić information content (AvgIpc) is 2.68. The number of allylic oxidation sites excluding steroid dienone is 1. The van der Waals surface area contributed by atoms with Crippen LogP contribution in [0.15, 0.2) is 30.3 Å². The van der Waals surface area contributed by atoms with E-state index in [2.05, 4.69) is 43.3 Å². The molecular weight excluding hydrogens is 359 g/mol. The standard InChI is InChI=1S/C15H20.Hf/c1-2-3-4-5-8-13-11-12-14-9-6-7-10-15(13)14;/h6-7,9-13H,2-5,8H2,1H3;. The Bertz CT molecular complexity index is 341. The summed E-state index contributed by atoms with van der Waals surface area (Å²) in [6, 6.07) is 8.78. The van der Waals surface area contributed by atoms with Crippen LogP contribution in [0.4, 0.5) is 0 Å². The second-order valence-corrected chi connectivity index (χ2v) is 4.44. The van der Waals surface area contributed by atoms with E-state index in [1.807, 2.05) is 0 Å². The summed E-state index contributed by atoms with van der Waals surface area (Å²) < 4.78 is 0. The van der Waals surface area contributed by atoms with Crippen molar-refractivity contribution in [3.63, 3.8) is 0 Å². The first-order valence-corrected chi connectivity index (χ1v) is 6.19. The molecular formula is C15H20Hf. The van der Waals surface area contributed by atoms with Gasteiger partial charge in [-0.3, -0.25) is 0 Å². The van der Waals surface area contributed by atoms with Gasteiger partial charge in [-0.05, 0) is 17.5 Å². The minimum absolute atomic E-state index is 0. The predicted molar refractivity (Wildman–Crippen MR) is 67.0 cm³/mol. The first-order chi connectivity index (χ1) is 7.42.